The molecule has 2 N–H and O–H groups in total. The van der Waals surface area contributed by atoms with Crippen molar-refractivity contribution in [3.05, 3.63) is 51.7 Å². The normalized spacial score (nSPS) is 10.8. The van der Waals surface area contributed by atoms with Crippen molar-refractivity contribution in [3.63, 3.8) is 0 Å². The number of hydrogen-bond donors (Lipinski definition) is 1. The minimum absolute atomic E-state index is 0.234. The zero-order valence-corrected chi connectivity index (χ0v) is 12.8. The molecule has 0 aliphatic carbocycles. The number of nitrogen functional groups attached to an aromatic ring is 1. The number of halogens is 3. The molecule has 1 aromatic heterocycles. The Morgan fingerprint density at radius 2 is 2.00 bits per heavy atom. The van der Waals surface area contributed by atoms with Crippen LogP contribution in [0.4, 0.5) is 10.1 Å². The zero-order chi connectivity index (χ0) is 15.0. The maximum atomic E-state index is 14.0. The van der Waals surface area contributed by atoms with Crippen molar-refractivity contribution in [1.29, 1.82) is 0 Å². The molecular formula is C13H8BrClFN5. The van der Waals surface area contributed by atoms with Crippen molar-refractivity contribution in [2.75, 3.05) is 5.73 Å². The molecule has 0 saturated carbocycles. The molecule has 5 nitrogen and oxygen atoms in total. The fourth-order valence-corrected chi connectivity index (χ4v) is 2.33. The van der Waals surface area contributed by atoms with Gasteiger partial charge in [-0.2, -0.15) is 4.68 Å². The van der Waals surface area contributed by atoms with Crippen molar-refractivity contribution in [3.8, 4) is 17.1 Å². The van der Waals surface area contributed by atoms with Gasteiger partial charge in [0.25, 0.3) is 0 Å². The van der Waals surface area contributed by atoms with E-state index in [-0.39, 0.29) is 5.69 Å². The van der Waals surface area contributed by atoms with Crippen LogP contribution in [0.1, 0.15) is 0 Å². The molecule has 0 aliphatic rings. The molecule has 0 aliphatic heterocycles. The number of hydrogen-bond acceptors (Lipinski definition) is 4. The second-order valence-electron chi connectivity index (χ2n) is 4.25. The first-order chi connectivity index (χ1) is 10.1. The molecule has 0 fully saturated rings. The first-order valence-corrected chi connectivity index (χ1v) is 7.02. The Kier molecular flexibility index (Phi) is 3.60. The summed E-state index contributed by atoms with van der Waals surface area (Å²) in [5.74, 6) is -0.0657. The molecule has 2 aromatic carbocycles. The molecule has 3 aromatic rings. The quantitative estimate of drug-likeness (QED) is 0.703. The van der Waals surface area contributed by atoms with E-state index in [1.807, 2.05) is 0 Å². The molecule has 0 radical (unpaired) electrons. The van der Waals surface area contributed by atoms with E-state index in [1.54, 1.807) is 30.3 Å². The van der Waals surface area contributed by atoms with Crippen LogP contribution in [0.2, 0.25) is 5.02 Å². The SMILES string of the molecule is Nc1cc(-c2nnnn2-c2cc(Br)ccc2F)ccc1Cl. The molecule has 0 bridgehead atoms. The highest BCUT2D eigenvalue weighted by Crippen LogP contribution is 2.27. The van der Waals surface area contributed by atoms with Crippen LogP contribution >= 0.6 is 27.5 Å². The van der Waals surface area contributed by atoms with E-state index in [1.165, 1.54) is 10.7 Å². The average Bonchev–Trinajstić information content (AvgIpc) is 2.93. The second kappa shape index (κ2) is 5.42. The minimum atomic E-state index is -0.436. The fourth-order valence-electron chi connectivity index (χ4n) is 1.86. The monoisotopic (exact) mass is 367 g/mol. The van der Waals surface area contributed by atoms with Crippen LogP contribution in [-0.2, 0) is 0 Å². The van der Waals surface area contributed by atoms with E-state index in [2.05, 4.69) is 31.5 Å². The standard InChI is InChI=1S/C13H8BrClFN5/c14-8-2-4-10(16)12(6-8)21-13(18-19-20-21)7-1-3-9(15)11(17)5-7/h1-6H,17H2. The van der Waals surface area contributed by atoms with E-state index >= 15 is 0 Å². The second-order valence-corrected chi connectivity index (χ2v) is 5.57. The highest BCUT2D eigenvalue weighted by Gasteiger charge is 2.15. The first kappa shape index (κ1) is 14.0. The Morgan fingerprint density at radius 3 is 2.76 bits per heavy atom. The van der Waals surface area contributed by atoms with Gasteiger partial charge in [0, 0.05) is 10.0 Å². The lowest BCUT2D eigenvalue weighted by atomic mass is 10.2. The van der Waals surface area contributed by atoms with E-state index in [0.29, 0.717) is 22.1 Å². The van der Waals surface area contributed by atoms with Crippen molar-refractivity contribution in [1.82, 2.24) is 20.2 Å². The van der Waals surface area contributed by atoms with Crippen LogP contribution in [0.3, 0.4) is 0 Å². The molecule has 21 heavy (non-hydrogen) atoms. The molecule has 3 rings (SSSR count). The Balaban J connectivity index is 2.17. The van der Waals surface area contributed by atoms with Gasteiger partial charge in [-0.15, -0.1) is 5.10 Å². The van der Waals surface area contributed by atoms with E-state index < -0.39 is 5.82 Å². The number of anilines is 1. The molecule has 0 saturated heterocycles. The molecule has 0 atom stereocenters. The highest BCUT2D eigenvalue weighted by atomic mass is 79.9. The van der Waals surface area contributed by atoms with Crippen LogP contribution in [0.15, 0.2) is 40.9 Å². The summed E-state index contributed by atoms with van der Waals surface area (Å²) in [6.45, 7) is 0. The molecule has 106 valence electrons. The molecule has 1 heterocycles. The summed E-state index contributed by atoms with van der Waals surface area (Å²) in [4.78, 5) is 0. The van der Waals surface area contributed by atoms with Crippen LogP contribution in [0, 0.1) is 5.82 Å². The van der Waals surface area contributed by atoms with Crippen molar-refractivity contribution in [2.45, 2.75) is 0 Å². The third kappa shape index (κ3) is 2.62. The van der Waals surface area contributed by atoms with Gasteiger partial charge in [-0.1, -0.05) is 27.5 Å². The van der Waals surface area contributed by atoms with E-state index in [0.717, 1.165) is 4.47 Å². The molecule has 0 amide bonds. The predicted molar refractivity (Wildman–Crippen MR) is 81.7 cm³/mol. The molecule has 0 unspecified atom stereocenters. The number of benzene rings is 2. The lowest BCUT2D eigenvalue weighted by molar-refractivity contribution is 0.607. The summed E-state index contributed by atoms with van der Waals surface area (Å²) in [5, 5.41) is 11.8. The summed E-state index contributed by atoms with van der Waals surface area (Å²) in [6, 6.07) is 9.53. The lowest BCUT2D eigenvalue weighted by Gasteiger charge is -2.07. The summed E-state index contributed by atoms with van der Waals surface area (Å²) >= 11 is 9.19. The Bertz CT molecular complexity index is 820. The smallest absolute Gasteiger partial charge is 0.187 e. The van der Waals surface area contributed by atoms with Gasteiger partial charge in [-0.3, -0.25) is 0 Å². The lowest BCUT2D eigenvalue weighted by Crippen LogP contribution is -2.03. The molecular weight excluding hydrogens is 361 g/mol. The zero-order valence-electron chi connectivity index (χ0n) is 10.5. The highest BCUT2D eigenvalue weighted by molar-refractivity contribution is 9.10. The number of rotatable bonds is 2. The van der Waals surface area contributed by atoms with Gasteiger partial charge in [0.2, 0.25) is 0 Å². The van der Waals surface area contributed by atoms with Gasteiger partial charge in [0.1, 0.15) is 11.5 Å². The maximum absolute atomic E-state index is 14.0. The van der Waals surface area contributed by atoms with Gasteiger partial charge in [-0.05, 0) is 46.8 Å². The average molecular weight is 369 g/mol. The van der Waals surface area contributed by atoms with Crippen molar-refractivity contribution in [2.24, 2.45) is 0 Å². The van der Waals surface area contributed by atoms with Gasteiger partial charge in [-0.25, -0.2) is 4.39 Å². The third-order valence-electron chi connectivity index (χ3n) is 2.86. The van der Waals surface area contributed by atoms with Gasteiger partial charge < -0.3 is 5.73 Å². The van der Waals surface area contributed by atoms with Gasteiger partial charge in [0.05, 0.1) is 10.7 Å². The fraction of sp³-hybridized carbons (Fsp3) is 0. The van der Waals surface area contributed by atoms with Crippen molar-refractivity contribution < 1.29 is 4.39 Å². The van der Waals surface area contributed by atoms with E-state index in [9.17, 15) is 4.39 Å². The Labute approximate surface area is 132 Å². The summed E-state index contributed by atoms with van der Waals surface area (Å²) in [7, 11) is 0. The summed E-state index contributed by atoms with van der Waals surface area (Å²) in [6.07, 6.45) is 0. The number of nitrogens with zero attached hydrogens (tertiary/aromatic N) is 4. The minimum Gasteiger partial charge on any atom is -0.398 e. The first-order valence-electron chi connectivity index (χ1n) is 5.85. The summed E-state index contributed by atoms with van der Waals surface area (Å²) in [5.41, 5.74) is 7.05. The summed E-state index contributed by atoms with van der Waals surface area (Å²) < 4.78 is 16.0. The Morgan fingerprint density at radius 1 is 1.19 bits per heavy atom. The largest absolute Gasteiger partial charge is 0.398 e. The van der Waals surface area contributed by atoms with Crippen molar-refractivity contribution >= 4 is 33.2 Å². The topological polar surface area (TPSA) is 69.6 Å². The Hall–Kier alpha value is -1.99. The number of nitrogens with two attached hydrogens (primary N) is 1. The van der Waals surface area contributed by atoms with Crippen LogP contribution in [0.25, 0.3) is 17.1 Å². The number of tetrazole rings is 1. The van der Waals surface area contributed by atoms with Crippen LogP contribution < -0.4 is 5.73 Å². The molecule has 8 heteroatoms. The van der Waals surface area contributed by atoms with Gasteiger partial charge in [0.15, 0.2) is 5.82 Å². The van der Waals surface area contributed by atoms with Crippen LogP contribution in [-0.4, -0.2) is 20.2 Å². The number of aromatic nitrogens is 4. The maximum Gasteiger partial charge on any atom is 0.187 e. The van der Waals surface area contributed by atoms with Gasteiger partial charge >= 0.3 is 0 Å². The predicted octanol–water partition coefficient (Wildman–Crippen LogP) is 3.47. The van der Waals surface area contributed by atoms with E-state index in [4.69, 9.17) is 17.3 Å². The third-order valence-corrected chi connectivity index (χ3v) is 3.70. The molecule has 0 spiro atoms. The van der Waals surface area contributed by atoms with Crippen LogP contribution in [0.5, 0.6) is 0 Å².